The molecule has 1 aliphatic rings. The van der Waals surface area contributed by atoms with Crippen molar-refractivity contribution in [2.75, 3.05) is 11.5 Å². The molecule has 0 unspecified atom stereocenters. The van der Waals surface area contributed by atoms with Gasteiger partial charge in [-0.25, -0.2) is 0 Å². The second-order valence-corrected chi connectivity index (χ2v) is 5.22. The number of carboxylic acid groups (broad SMARTS) is 1. The van der Waals surface area contributed by atoms with Gasteiger partial charge in [-0.1, -0.05) is 0 Å². The maximum absolute atomic E-state index is 10.3. The van der Waals surface area contributed by atoms with Crippen LogP contribution in [0.3, 0.4) is 0 Å². The zero-order valence-corrected chi connectivity index (χ0v) is 13.1. The number of rotatable bonds is 5. The predicted octanol–water partition coefficient (Wildman–Crippen LogP) is -2.15. The van der Waals surface area contributed by atoms with E-state index in [4.69, 9.17) is 0 Å². The van der Waals surface area contributed by atoms with Crippen LogP contribution in [0, 0.1) is 0 Å². The Kier molecular flexibility index (Phi) is 6.70. The average Bonchev–Trinajstić information content (AvgIpc) is 2.68. The van der Waals surface area contributed by atoms with Crippen molar-refractivity contribution in [1.29, 1.82) is 0 Å². The number of aromatic nitrogens is 1. The molecule has 1 aromatic rings. The summed E-state index contributed by atoms with van der Waals surface area (Å²) in [6, 6.07) is 2.21. The second-order valence-electron chi connectivity index (χ2n) is 4.11. The van der Waals surface area contributed by atoms with Crippen LogP contribution in [0.2, 0.25) is 0 Å². The molecule has 2 rings (SSSR count). The second kappa shape index (κ2) is 7.52. The summed E-state index contributed by atoms with van der Waals surface area (Å²) >= 11 is 1.43. The van der Waals surface area contributed by atoms with Gasteiger partial charge in [0.2, 0.25) is 0 Å². The molecule has 0 radical (unpaired) electrons. The van der Waals surface area contributed by atoms with Gasteiger partial charge in [0, 0.05) is 29.9 Å². The van der Waals surface area contributed by atoms with Gasteiger partial charge in [-0.15, -0.1) is 0 Å². The van der Waals surface area contributed by atoms with Crippen molar-refractivity contribution in [2.24, 2.45) is 0 Å². The molecule has 0 aromatic carbocycles. The Balaban J connectivity index is 0.00000144. The molecule has 0 saturated heterocycles. The molecule has 1 heterocycles. The van der Waals surface area contributed by atoms with Crippen molar-refractivity contribution in [3.8, 4) is 0 Å². The van der Waals surface area contributed by atoms with E-state index in [1.165, 1.54) is 48.7 Å². The molecule has 5 heteroatoms. The van der Waals surface area contributed by atoms with Crippen molar-refractivity contribution in [3.05, 3.63) is 23.5 Å². The van der Waals surface area contributed by atoms with E-state index in [0.717, 1.165) is 12.3 Å². The van der Waals surface area contributed by atoms with E-state index in [0.29, 0.717) is 0 Å². The van der Waals surface area contributed by atoms with Gasteiger partial charge in [0.25, 0.3) is 0 Å². The summed E-state index contributed by atoms with van der Waals surface area (Å²) in [6.45, 7) is 0.910. The third-order valence-corrected chi connectivity index (χ3v) is 3.89. The molecule has 0 bridgehead atoms. The number of hydrogen-bond acceptors (Lipinski definition) is 3. The van der Waals surface area contributed by atoms with Crippen LogP contribution in [-0.4, -0.2) is 22.0 Å². The maximum Gasteiger partial charge on any atom is 1.00 e. The Labute approximate surface area is 128 Å². The van der Waals surface area contributed by atoms with Gasteiger partial charge in [0.05, 0.1) is 5.97 Å². The van der Waals surface area contributed by atoms with Crippen LogP contribution >= 0.6 is 11.8 Å². The maximum atomic E-state index is 10.3. The minimum atomic E-state index is -0.973. The van der Waals surface area contributed by atoms with Gasteiger partial charge in [0.15, 0.2) is 0 Å². The molecule has 0 atom stereocenters. The van der Waals surface area contributed by atoms with Gasteiger partial charge >= 0.3 is 29.6 Å². The van der Waals surface area contributed by atoms with Crippen molar-refractivity contribution < 1.29 is 39.5 Å². The summed E-state index contributed by atoms with van der Waals surface area (Å²) in [5, 5.41) is 10.3. The molecular formula is C12H16NNaO2S. The third-order valence-electron chi connectivity index (χ3n) is 2.98. The summed E-state index contributed by atoms with van der Waals surface area (Å²) in [5.41, 5.74) is 2.94. The van der Waals surface area contributed by atoms with E-state index in [1.54, 1.807) is 0 Å². The fraction of sp³-hybridized carbons (Fsp3) is 0.583. The summed E-state index contributed by atoms with van der Waals surface area (Å²) in [4.78, 5) is 10.3. The first-order chi connectivity index (χ1) is 7.77. The Morgan fingerprint density at radius 1 is 1.41 bits per heavy atom. The third kappa shape index (κ3) is 4.36. The van der Waals surface area contributed by atoms with Gasteiger partial charge in [-0.2, -0.15) is 11.8 Å². The molecule has 0 N–H and O–H groups in total. The quantitative estimate of drug-likeness (QED) is 0.449. The smallest absolute Gasteiger partial charge is 0.549 e. The molecule has 0 saturated carbocycles. The fourth-order valence-electron chi connectivity index (χ4n) is 2.22. The van der Waals surface area contributed by atoms with Crippen LogP contribution in [0.1, 0.15) is 24.1 Å². The summed E-state index contributed by atoms with van der Waals surface area (Å²) in [7, 11) is 0. The van der Waals surface area contributed by atoms with E-state index in [1.807, 2.05) is 0 Å². The van der Waals surface area contributed by atoms with Gasteiger partial charge in [-0.05, 0) is 37.3 Å². The number of carbonyl (C=O) groups is 1. The Hall–Kier alpha value is 0.100. The van der Waals surface area contributed by atoms with Gasteiger partial charge < -0.3 is 14.5 Å². The zero-order chi connectivity index (χ0) is 11.4. The van der Waals surface area contributed by atoms with Crippen LogP contribution in [-0.2, 0) is 24.2 Å². The van der Waals surface area contributed by atoms with Crippen molar-refractivity contribution >= 4 is 17.7 Å². The number of aliphatic carboxylic acids is 1. The van der Waals surface area contributed by atoms with Crippen molar-refractivity contribution in [1.82, 2.24) is 4.57 Å². The minimum Gasteiger partial charge on any atom is -0.549 e. The first kappa shape index (κ1) is 15.2. The van der Waals surface area contributed by atoms with E-state index >= 15 is 0 Å². The monoisotopic (exact) mass is 261 g/mol. The van der Waals surface area contributed by atoms with Gasteiger partial charge in [-0.3, -0.25) is 0 Å². The molecule has 0 aliphatic heterocycles. The zero-order valence-electron chi connectivity index (χ0n) is 10.3. The number of aryl methyl sites for hydroxylation is 2. The Morgan fingerprint density at radius 2 is 2.18 bits per heavy atom. The first-order valence-electron chi connectivity index (χ1n) is 5.72. The summed E-state index contributed by atoms with van der Waals surface area (Å²) < 4.78 is 2.27. The Bertz CT molecular complexity index is 379. The summed E-state index contributed by atoms with van der Waals surface area (Å²) in [5.74, 6) is -0.0296. The molecular weight excluding hydrogens is 245 g/mol. The van der Waals surface area contributed by atoms with Crippen molar-refractivity contribution in [3.63, 3.8) is 0 Å². The molecule has 0 fully saturated rings. The van der Waals surface area contributed by atoms with Crippen LogP contribution in [0.5, 0.6) is 0 Å². The van der Waals surface area contributed by atoms with Crippen molar-refractivity contribution in [2.45, 2.75) is 32.2 Å². The number of hydrogen-bond donors (Lipinski definition) is 0. The summed E-state index contributed by atoms with van der Waals surface area (Å²) in [6.07, 6.45) is 7.09. The van der Waals surface area contributed by atoms with Crippen LogP contribution in [0.25, 0.3) is 0 Å². The standard InChI is InChI=1S/C12H17NO2S.Na/c14-12(15)9-16-8-7-13-6-5-10-3-1-2-4-11(10)13;/h5-6H,1-4,7-9H2,(H,14,15);/q;+1/p-1. The normalized spacial score (nSPS) is 13.9. The largest absolute Gasteiger partial charge is 1.00 e. The van der Waals surface area contributed by atoms with Crippen LogP contribution < -0.4 is 34.7 Å². The number of fused-ring (bicyclic) bond motifs is 1. The number of nitrogens with zero attached hydrogens (tertiary/aromatic N) is 1. The van der Waals surface area contributed by atoms with Crippen LogP contribution in [0.4, 0.5) is 0 Å². The number of thioether (sulfide) groups is 1. The topological polar surface area (TPSA) is 45.1 Å². The minimum absolute atomic E-state index is 0. The molecule has 1 aromatic heterocycles. The molecule has 88 valence electrons. The predicted molar refractivity (Wildman–Crippen MR) is 63.4 cm³/mol. The molecule has 17 heavy (non-hydrogen) atoms. The number of carboxylic acids is 1. The average molecular weight is 261 g/mol. The van der Waals surface area contributed by atoms with E-state index in [9.17, 15) is 9.90 Å². The Morgan fingerprint density at radius 3 is 2.94 bits per heavy atom. The SMILES string of the molecule is O=C([O-])CSCCn1ccc2c1CCCC2.[Na+]. The van der Waals surface area contributed by atoms with E-state index in [-0.39, 0.29) is 35.3 Å². The van der Waals surface area contributed by atoms with E-state index < -0.39 is 5.97 Å². The van der Waals surface area contributed by atoms with E-state index in [2.05, 4.69) is 16.8 Å². The van der Waals surface area contributed by atoms with Crippen LogP contribution in [0.15, 0.2) is 12.3 Å². The molecule has 1 aliphatic carbocycles. The molecule has 0 amide bonds. The molecule has 3 nitrogen and oxygen atoms in total. The molecule has 0 spiro atoms. The fourth-order valence-corrected chi connectivity index (χ4v) is 2.85. The number of carbonyl (C=O) groups excluding carboxylic acids is 1. The first-order valence-corrected chi connectivity index (χ1v) is 6.87. The van der Waals surface area contributed by atoms with Gasteiger partial charge in [0.1, 0.15) is 0 Å².